The van der Waals surface area contributed by atoms with E-state index in [0.717, 1.165) is 121 Å². The number of anilines is 2. The monoisotopic (exact) mass is 1180 g/mol. The molecule has 4 amide bonds. The first kappa shape index (κ1) is 58.8. The molecule has 18 heteroatoms. The van der Waals surface area contributed by atoms with Crippen LogP contribution in [0.4, 0.5) is 20.7 Å². The van der Waals surface area contributed by atoms with E-state index in [1.54, 1.807) is 24.2 Å². The zero-order chi connectivity index (χ0) is 59.2. The summed E-state index contributed by atoms with van der Waals surface area (Å²) >= 11 is 13.2. The number of piperazine rings is 1. The Kier molecular flexibility index (Phi) is 16.6. The summed E-state index contributed by atoms with van der Waals surface area (Å²) in [5.41, 5.74) is 14.5. The summed E-state index contributed by atoms with van der Waals surface area (Å²) in [4.78, 5) is 63.1. The van der Waals surface area contributed by atoms with Gasteiger partial charge in [-0.2, -0.15) is 5.10 Å². The molecule has 3 N–H and O–H groups in total. The Morgan fingerprint density at radius 1 is 0.857 bits per heavy atom. The Labute approximate surface area is 503 Å². The number of pyridine rings is 1. The highest BCUT2D eigenvalue weighted by atomic mass is 35.5. The summed E-state index contributed by atoms with van der Waals surface area (Å²) < 4.78 is 23.1. The van der Waals surface area contributed by atoms with E-state index in [4.69, 9.17) is 43.8 Å². The van der Waals surface area contributed by atoms with Crippen LogP contribution in [0.15, 0.2) is 96.1 Å². The predicted octanol–water partition coefficient (Wildman–Crippen LogP) is 12.4. The van der Waals surface area contributed by atoms with Gasteiger partial charge in [0, 0.05) is 91.4 Å². The number of aromatic nitrogens is 3. The molecule has 11 rings (SSSR count). The van der Waals surface area contributed by atoms with Crippen LogP contribution >= 0.6 is 23.2 Å². The molecule has 2 fully saturated rings. The topological polar surface area (TPSA) is 158 Å². The van der Waals surface area contributed by atoms with E-state index >= 15 is 4.79 Å². The number of nitrogen functional groups attached to an aromatic ring is 1. The van der Waals surface area contributed by atoms with E-state index in [1.165, 1.54) is 12.1 Å². The van der Waals surface area contributed by atoms with Gasteiger partial charge in [0.1, 0.15) is 34.3 Å². The molecule has 2 bridgehead atoms. The van der Waals surface area contributed by atoms with E-state index < -0.39 is 11.1 Å². The summed E-state index contributed by atoms with van der Waals surface area (Å²) in [5.74, 6) is 1.06. The molecule has 0 unspecified atom stereocenters. The zero-order valence-electron chi connectivity index (χ0n) is 49.5. The second-order valence-corrected chi connectivity index (χ2v) is 25.4. The highest BCUT2D eigenvalue weighted by molar-refractivity contribution is 6.31. The van der Waals surface area contributed by atoms with E-state index in [1.807, 2.05) is 76.9 Å². The molecule has 2 saturated heterocycles. The highest BCUT2D eigenvalue weighted by Gasteiger charge is 2.71. The maximum Gasteiger partial charge on any atom is 0.326 e. The molecule has 4 aromatic carbocycles. The van der Waals surface area contributed by atoms with Gasteiger partial charge in [-0.05, 0) is 147 Å². The number of nitrogens with one attached hydrogen (secondary N) is 1. The van der Waals surface area contributed by atoms with Crippen LogP contribution in [0.1, 0.15) is 154 Å². The lowest BCUT2D eigenvalue weighted by Crippen LogP contribution is -2.66. The van der Waals surface area contributed by atoms with Crippen molar-refractivity contribution < 1.29 is 23.5 Å². The Hall–Kier alpha value is -7.01. The normalized spacial score (nSPS) is 20.2. The first-order valence-electron chi connectivity index (χ1n) is 30.0. The summed E-state index contributed by atoms with van der Waals surface area (Å²) in [6.45, 7) is 18.6. The van der Waals surface area contributed by atoms with Crippen molar-refractivity contribution in [3.05, 3.63) is 157 Å². The molecule has 0 spiro atoms. The van der Waals surface area contributed by atoms with Gasteiger partial charge in [-0.3, -0.25) is 24.1 Å². The van der Waals surface area contributed by atoms with Gasteiger partial charge in [-0.1, -0.05) is 93.9 Å². The largest absolute Gasteiger partial charge is 0.493 e. The number of benzene rings is 4. The number of carbonyl (C=O) groups excluding carboxylic acids is 3. The number of nitrogens with two attached hydrogens (primary N) is 1. The zero-order valence-corrected chi connectivity index (χ0v) is 51.1. The van der Waals surface area contributed by atoms with Crippen LogP contribution in [-0.4, -0.2) is 118 Å². The molecule has 0 saturated carbocycles. The van der Waals surface area contributed by atoms with Gasteiger partial charge >= 0.3 is 6.03 Å². The third-order valence-electron chi connectivity index (χ3n) is 18.2. The molecule has 5 aliphatic rings. The lowest BCUT2D eigenvalue weighted by Gasteiger charge is -2.56. The van der Waals surface area contributed by atoms with Gasteiger partial charge in [0.2, 0.25) is 5.91 Å². The number of urea groups is 1. The number of amidine groups is 1. The number of fused-ring (bicyclic) bond motifs is 12. The van der Waals surface area contributed by atoms with Crippen molar-refractivity contribution in [1.29, 1.82) is 0 Å². The van der Waals surface area contributed by atoms with Crippen molar-refractivity contribution in [1.82, 2.24) is 39.7 Å². The second-order valence-electron chi connectivity index (χ2n) is 24.5. The first-order valence-corrected chi connectivity index (χ1v) is 30.7. The molecule has 6 heterocycles. The van der Waals surface area contributed by atoms with Gasteiger partial charge in [0.05, 0.1) is 42.7 Å². The second kappa shape index (κ2) is 23.8. The maximum atomic E-state index is 15.4. The Balaban J connectivity index is 0.664. The van der Waals surface area contributed by atoms with Crippen LogP contribution in [0.2, 0.25) is 10.0 Å². The lowest BCUT2D eigenvalue weighted by molar-refractivity contribution is -0.121. The van der Waals surface area contributed by atoms with Crippen LogP contribution in [0, 0.1) is 12.7 Å². The summed E-state index contributed by atoms with van der Waals surface area (Å²) in [6, 6.07) is 26.2. The quantitative estimate of drug-likeness (QED) is 0.0900. The number of rotatable bonds is 16. The number of halogens is 3. The van der Waals surface area contributed by atoms with Crippen molar-refractivity contribution >= 4 is 58.4 Å². The third kappa shape index (κ3) is 10.8. The number of hydrogen-bond donors (Lipinski definition) is 2. The van der Waals surface area contributed by atoms with Crippen molar-refractivity contribution in [2.24, 2.45) is 4.99 Å². The molecule has 2 aromatic heterocycles. The minimum absolute atomic E-state index is 0.0138. The number of nitrogens with zero attached hydrogens (tertiary/aromatic N) is 9. The van der Waals surface area contributed by atoms with Gasteiger partial charge < -0.3 is 30.5 Å². The maximum absolute atomic E-state index is 15.4. The highest BCUT2D eigenvalue weighted by Crippen LogP contribution is 2.66. The number of carbonyl (C=O) groups is 3. The van der Waals surface area contributed by atoms with Crippen molar-refractivity contribution in [3.63, 3.8) is 0 Å². The minimum atomic E-state index is -0.947. The molecule has 15 nitrogen and oxygen atoms in total. The van der Waals surface area contributed by atoms with E-state index in [0.29, 0.717) is 90.0 Å². The van der Waals surface area contributed by atoms with Crippen LogP contribution in [0.3, 0.4) is 0 Å². The van der Waals surface area contributed by atoms with Crippen LogP contribution in [0.25, 0.3) is 11.1 Å². The molecule has 442 valence electrons. The van der Waals surface area contributed by atoms with Gasteiger partial charge in [0.25, 0.3) is 5.91 Å². The summed E-state index contributed by atoms with van der Waals surface area (Å²) in [7, 11) is 1.75. The minimum Gasteiger partial charge on any atom is -0.493 e. The number of unbranched alkanes of at least 4 members (excludes halogenated alkanes) is 5. The first-order chi connectivity index (χ1) is 40.3. The predicted molar refractivity (Wildman–Crippen MR) is 331 cm³/mol. The average molecular weight is 1180 g/mol. The third-order valence-corrected chi connectivity index (χ3v) is 18.6. The Morgan fingerprint density at radius 3 is 2.33 bits per heavy atom. The summed E-state index contributed by atoms with van der Waals surface area (Å²) in [6.07, 6.45) is 9.94. The standard InChI is InChI=1S/C66H78Cl2FN11O4/c1-8-84-57-37-45(64(3,4)5)20-25-50(57)61-73-66(44-18-21-46(67)22-19-44)53-38-47(68)23-27-52(53)65(66,6)80(61)63(83)77-34-32-76(33-35-77)29-14-12-10-9-11-13-17-58(81)71-28-31-79-42(2)59-43-36-56(60(70)72-40-43)78-30-15-16-55(78)51-39-48(69)24-26-49(51)62(82)75(7)41-54(59)74-79/h18-27,36-40,55H,8-17,28-35,41H2,1-7H3,(H2,70,72)(H,71,81)/t55-,65-,66-/m1/s1. The summed E-state index contributed by atoms with van der Waals surface area (Å²) in [5, 5.41) is 9.34. The molecular formula is C66H78Cl2FN11O4. The smallest absolute Gasteiger partial charge is 0.326 e. The van der Waals surface area contributed by atoms with Gasteiger partial charge in [0.15, 0.2) is 0 Å². The van der Waals surface area contributed by atoms with Crippen LogP contribution in [-0.2, 0) is 34.4 Å². The molecule has 3 atom stereocenters. The lowest BCUT2D eigenvalue weighted by atomic mass is 9.54. The molecular weight excluding hydrogens is 1100 g/mol. The van der Waals surface area contributed by atoms with Crippen molar-refractivity contribution in [2.45, 2.75) is 135 Å². The van der Waals surface area contributed by atoms with E-state index in [2.05, 4.69) is 66.0 Å². The molecule has 4 aliphatic heterocycles. The van der Waals surface area contributed by atoms with Crippen molar-refractivity contribution in [2.75, 3.05) is 70.1 Å². The number of aliphatic imine (C=N–C) groups is 1. The molecule has 1 aliphatic carbocycles. The van der Waals surface area contributed by atoms with E-state index in [-0.39, 0.29) is 41.7 Å². The van der Waals surface area contributed by atoms with E-state index in [9.17, 15) is 14.0 Å². The fourth-order valence-corrected chi connectivity index (χ4v) is 14.0. The average Bonchev–Trinajstić information content (AvgIpc) is 1.78. The molecule has 84 heavy (non-hydrogen) atoms. The van der Waals surface area contributed by atoms with Gasteiger partial charge in [-0.15, -0.1) is 0 Å². The van der Waals surface area contributed by atoms with Crippen LogP contribution < -0.4 is 20.7 Å². The fourth-order valence-electron chi connectivity index (χ4n) is 13.7. The molecule has 0 radical (unpaired) electrons. The number of amides is 4. The SMILES string of the molecule is CCOc1cc(C(C)(C)C)ccc1C1=N[C@]2(c3ccc(Cl)cc3)c3cc(Cl)ccc3[C@@]2(C)N1C(=O)N1CCN(CCCCCCCCC(=O)NCCn2nc3c(c2C)-c2cnc(N)c(c2)N2CCC[C@@H]2c2cc(F)ccc2C(=O)N(C)C3)CC1. The number of ether oxygens (including phenoxy) is 1. The van der Waals surface area contributed by atoms with Crippen molar-refractivity contribution in [3.8, 4) is 16.9 Å². The van der Waals surface area contributed by atoms with Gasteiger partial charge in [-0.25, -0.2) is 19.2 Å². The molecule has 6 aromatic rings. The Morgan fingerprint density at radius 2 is 1.58 bits per heavy atom. The van der Waals surface area contributed by atoms with Crippen LogP contribution in [0.5, 0.6) is 5.75 Å². The Bertz CT molecular complexity index is 3520. The fraction of sp³-hybridized carbons (Fsp3) is 0.455. The number of hydrogen-bond acceptors (Lipinski definition) is 10.